The normalized spacial score (nSPS) is 22.7. The van der Waals surface area contributed by atoms with Crippen LogP contribution in [0.25, 0.3) is 0 Å². The van der Waals surface area contributed by atoms with Crippen LogP contribution in [0.2, 0.25) is 0 Å². The molecule has 0 amide bonds. The number of nitrogens with one attached hydrogen (secondary N) is 1. The van der Waals surface area contributed by atoms with E-state index < -0.39 is 0 Å². The maximum Gasteiger partial charge on any atom is 0.198 e. The molecule has 1 aromatic rings. The zero-order valence-electron chi connectivity index (χ0n) is 17.7. The SMILES string of the molecule is CCNC(=NCCCOCC1CCOC1)N1CC2(CCCC2)c2ccccc21.I. The van der Waals surface area contributed by atoms with Crippen LogP contribution in [0.5, 0.6) is 0 Å². The summed E-state index contributed by atoms with van der Waals surface area (Å²) in [6.07, 6.45) is 7.40. The molecule has 162 valence electrons. The fourth-order valence-electron chi connectivity index (χ4n) is 5.01. The molecule has 0 bridgehead atoms. The number of hydrogen-bond acceptors (Lipinski definition) is 3. The van der Waals surface area contributed by atoms with Gasteiger partial charge in [-0.1, -0.05) is 31.0 Å². The van der Waals surface area contributed by atoms with Crippen LogP contribution < -0.4 is 10.2 Å². The zero-order valence-corrected chi connectivity index (χ0v) is 20.0. The van der Waals surface area contributed by atoms with E-state index in [2.05, 4.69) is 41.4 Å². The number of nitrogens with zero attached hydrogens (tertiary/aromatic N) is 2. The Morgan fingerprint density at radius 3 is 2.90 bits per heavy atom. The summed E-state index contributed by atoms with van der Waals surface area (Å²) in [5.74, 6) is 1.62. The molecule has 1 atom stereocenters. The van der Waals surface area contributed by atoms with Crippen LogP contribution >= 0.6 is 24.0 Å². The number of fused-ring (bicyclic) bond motifs is 2. The van der Waals surface area contributed by atoms with Crippen molar-refractivity contribution in [3.8, 4) is 0 Å². The number of para-hydroxylation sites is 1. The lowest BCUT2D eigenvalue weighted by atomic mass is 9.81. The maximum atomic E-state index is 5.83. The molecule has 2 heterocycles. The molecule has 5 nitrogen and oxygen atoms in total. The second-order valence-electron chi connectivity index (χ2n) is 8.48. The van der Waals surface area contributed by atoms with Crippen LogP contribution in [0.4, 0.5) is 5.69 Å². The molecule has 2 aliphatic heterocycles. The Morgan fingerprint density at radius 2 is 2.14 bits per heavy atom. The third kappa shape index (κ3) is 5.25. The fraction of sp³-hybridized carbons (Fsp3) is 0.696. The van der Waals surface area contributed by atoms with E-state index in [9.17, 15) is 0 Å². The van der Waals surface area contributed by atoms with Gasteiger partial charge in [-0.05, 0) is 44.2 Å². The van der Waals surface area contributed by atoms with Gasteiger partial charge in [0.1, 0.15) is 0 Å². The predicted octanol–water partition coefficient (Wildman–Crippen LogP) is 4.35. The van der Waals surface area contributed by atoms with Gasteiger partial charge in [-0.25, -0.2) is 0 Å². The van der Waals surface area contributed by atoms with E-state index in [4.69, 9.17) is 14.5 Å². The van der Waals surface area contributed by atoms with E-state index in [0.29, 0.717) is 11.3 Å². The van der Waals surface area contributed by atoms with Gasteiger partial charge in [0.15, 0.2) is 5.96 Å². The molecule has 1 aliphatic carbocycles. The summed E-state index contributed by atoms with van der Waals surface area (Å²) in [4.78, 5) is 7.38. The molecule has 29 heavy (non-hydrogen) atoms. The first-order chi connectivity index (χ1) is 13.8. The number of anilines is 1. The maximum absolute atomic E-state index is 5.83. The lowest BCUT2D eigenvalue weighted by Crippen LogP contribution is -2.43. The lowest BCUT2D eigenvalue weighted by molar-refractivity contribution is 0.0893. The minimum absolute atomic E-state index is 0. The fourth-order valence-corrected chi connectivity index (χ4v) is 5.01. The molecular formula is C23H36IN3O2. The molecular weight excluding hydrogens is 477 g/mol. The van der Waals surface area contributed by atoms with Crippen molar-refractivity contribution < 1.29 is 9.47 Å². The van der Waals surface area contributed by atoms with Crippen molar-refractivity contribution in [1.82, 2.24) is 5.32 Å². The van der Waals surface area contributed by atoms with Gasteiger partial charge in [0.25, 0.3) is 0 Å². The smallest absolute Gasteiger partial charge is 0.198 e. The molecule has 1 saturated heterocycles. The highest BCUT2D eigenvalue weighted by Gasteiger charge is 2.45. The number of benzene rings is 1. The van der Waals surface area contributed by atoms with Crippen molar-refractivity contribution in [2.45, 2.75) is 50.9 Å². The molecule has 3 aliphatic rings. The van der Waals surface area contributed by atoms with Crippen molar-refractivity contribution in [3.05, 3.63) is 29.8 Å². The summed E-state index contributed by atoms with van der Waals surface area (Å²) >= 11 is 0. The predicted molar refractivity (Wildman–Crippen MR) is 130 cm³/mol. The van der Waals surface area contributed by atoms with Crippen molar-refractivity contribution in [2.75, 3.05) is 51.0 Å². The van der Waals surface area contributed by atoms with Crippen molar-refractivity contribution in [3.63, 3.8) is 0 Å². The summed E-state index contributed by atoms with van der Waals surface area (Å²) in [5, 5.41) is 3.53. The molecule has 0 aromatic heterocycles. The molecule has 1 aromatic carbocycles. The molecule has 0 radical (unpaired) electrons. The highest BCUT2D eigenvalue weighted by Crippen LogP contribution is 2.50. The van der Waals surface area contributed by atoms with E-state index in [1.54, 1.807) is 0 Å². The lowest BCUT2D eigenvalue weighted by Gasteiger charge is -2.26. The molecule has 1 saturated carbocycles. The Labute approximate surface area is 192 Å². The van der Waals surface area contributed by atoms with E-state index in [1.165, 1.54) is 36.9 Å². The summed E-state index contributed by atoms with van der Waals surface area (Å²) in [6, 6.07) is 8.95. The summed E-state index contributed by atoms with van der Waals surface area (Å²) in [6.45, 7) is 8.26. The average molecular weight is 513 g/mol. The number of rotatable bonds is 7. The zero-order chi connectivity index (χ0) is 19.2. The highest BCUT2D eigenvalue weighted by molar-refractivity contribution is 14.0. The highest BCUT2D eigenvalue weighted by atomic mass is 127. The van der Waals surface area contributed by atoms with Crippen molar-refractivity contribution in [2.24, 2.45) is 10.9 Å². The average Bonchev–Trinajstić information content (AvgIpc) is 3.46. The number of aliphatic imine (C=N–C) groups is 1. The molecule has 1 N–H and O–H groups in total. The Morgan fingerprint density at radius 1 is 1.31 bits per heavy atom. The summed E-state index contributed by atoms with van der Waals surface area (Å²) in [7, 11) is 0. The first-order valence-electron chi connectivity index (χ1n) is 11.1. The van der Waals surface area contributed by atoms with Gasteiger partial charge in [0.05, 0.1) is 13.2 Å². The van der Waals surface area contributed by atoms with E-state index >= 15 is 0 Å². The third-order valence-corrected chi connectivity index (χ3v) is 6.46. The van der Waals surface area contributed by atoms with Gasteiger partial charge in [0.2, 0.25) is 0 Å². The van der Waals surface area contributed by atoms with Crippen LogP contribution in [0, 0.1) is 5.92 Å². The van der Waals surface area contributed by atoms with E-state index in [-0.39, 0.29) is 24.0 Å². The number of halogens is 1. The minimum Gasteiger partial charge on any atom is -0.381 e. The molecule has 2 fully saturated rings. The second-order valence-corrected chi connectivity index (χ2v) is 8.48. The second kappa shape index (κ2) is 11.0. The monoisotopic (exact) mass is 513 g/mol. The van der Waals surface area contributed by atoms with E-state index in [0.717, 1.165) is 64.9 Å². The quantitative estimate of drug-likeness (QED) is 0.255. The Kier molecular flexibility index (Phi) is 8.62. The number of hydrogen-bond donors (Lipinski definition) is 1. The molecule has 6 heteroatoms. The first kappa shape index (κ1) is 22.8. The topological polar surface area (TPSA) is 46.1 Å². The van der Waals surface area contributed by atoms with Gasteiger partial charge >= 0.3 is 0 Å². The number of ether oxygens (including phenoxy) is 2. The summed E-state index contributed by atoms with van der Waals surface area (Å²) in [5.41, 5.74) is 3.21. The van der Waals surface area contributed by atoms with Crippen molar-refractivity contribution >= 4 is 35.6 Å². The van der Waals surface area contributed by atoms with Gasteiger partial charge < -0.3 is 19.7 Å². The Hall–Kier alpha value is -0.860. The standard InChI is InChI=1S/C23H35N3O2.HI/c1-2-24-22(25-13-7-14-27-16-19-10-15-28-17-19)26-18-23(11-5-6-12-23)20-8-3-4-9-21(20)26;/h3-4,8-9,19H,2,5-7,10-18H2,1H3,(H,24,25);1H. The number of guanidine groups is 1. The molecule has 1 spiro atoms. The molecule has 4 rings (SSSR count). The van der Waals surface area contributed by atoms with Crippen LogP contribution in [0.3, 0.4) is 0 Å². The van der Waals surface area contributed by atoms with Gasteiger partial charge in [-0.3, -0.25) is 4.99 Å². The Balaban J connectivity index is 0.00000240. The first-order valence-corrected chi connectivity index (χ1v) is 11.1. The van der Waals surface area contributed by atoms with Crippen molar-refractivity contribution in [1.29, 1.82) is 0 Å². The van der Waals surface area contributed by atoms with Crippen LogP contribution in [-0.2, 0) is 14.9 Å². The summed E-state index contributed by atoms with van der Waals surface area (Å²) < 4.78 is 11.2. The van der Waals surface area contributed by atoms with Crippen LogP contribution in [0.15, 0.2) is 29.3 Å². The van der Waals surface area contributed by atoms with Crippen LogP contribution in [0.1, 0.15) is 51.0 Å². The Bertz CT molecular complexity index is 670. The van der Waals surface area contributed by atoms with E-state index in [1.807, 2.05) is 0 Å². The largest absolute Gasteiger partial charge is 0.381 e. The van der Waals surface area contributed by atoms with Gasteiger partial charge in [-0.2, -0.15) is 0 Å². The van der Waals surface area contributed by atoms with Crippen LogP contribution in [-0.4, -0.2) is 52.0 Å². The minimum atomic E-state index is 0. The third-order valence-electron chi connectivity index (χ3n) is 6.46. The molecule has 1 unspecified atom stereocenters. The van der Waals surface area contributed by atoms with Gasteiger partial charge in [0, 0.05) is 49.9 Å². The van der Waals surface area contributed by atoms with Gasteiger partial charge in [-0.15, -0.1) is 24.0 Å².